The summed E-state index contributed by atoms with van der Waals surface area (Å²) in [7, 11) is 0. The highest BCUT2D eigenvalue weighted by Crippen LogP contribution is 2.32. The molecule has 2 aromatic heterocycles. The molecule has 1 atom stereocenters. The van der Waals surface area contributed by atoms with Gasteiger partial charge in [-0.05, 0) is 5.56 Å². The topological polar surface area (TPSA) is 70.7 Å². The number of aromatic amines is 1. The molecule has 5 nitrogen and oxygen atoms in total. The Bertz CT molecular complexity index is 565. The summed E-state index contributed by atoms with van der Waals surface area (Å²) in [5.41, 5.74) is 1.73. The second kappa shape index (κ2) is 3.45. The molecule has 1 fully saturated rings. The quantitative estimate of drug-likeness (QED) is 0.732. The van der Waals surface area contributed by atoms with Crippen LogP contribution in [0.4, 0.5) is 0 Å². The lowest BCUT2D eigenvalue weighted by Crippen LogP contribution is -2.13. The highest BCUT2D eigenvalue weighted by molar-refractivity contribution is 6.34. The maximum atomic E-state index is 11.2. The van der Waals surface area contributed by atoms with E-state index >= 15 is 0 Å². The highest BCUT2D eigenvalue weighted by Gasteiger charge is 2.26. The smallest absolute Gasteiger partial charge is 0.220 e. The normalized spacial score (nSPS) is 20.3. The van der Waals surface area contributed by atoms with Crippen LogP contribution in [0.2, 0.25) is 5.15 Å². The monoisotopic (exact) mass is 236 g/mol. The van der Waals surface area contributed by atoms with Crippen molar-refractivity contribution in [2.75, 3.05) is 6.54 Å². The van der Waals surface area contributed by atoms with Crippen molar-refractivity contribution < 1.29 is 4.79 Å². The molecule has 1 aliphatic heterocycles. The van der Waals surface area contributed by atoms with Crippen LogP contribution in [0.3, 0.4) is 0 Å². The average Bonchev–Trinajstić information content (AvgIpc) is 2.84. The third kappa shape index (κ3) is 1.36. The van der Waals surface area contributed by atoms with E-state index in [2.05, 4.69) is 20.3 Å². The molecule has 3 heterocycles. The van der Waals surface area contributed by atoms with Crippen molar-refractivity contribution in [3.63, 3.8) is 0 Å². The first-order valence-electron chi connectivity index (χ1n) is 5.00. The van der Waals surface area contributed by atoms with Crippen LogP contribution in [-0.4, -0.2) is 27.4 Å². The highest BCUT2D eigenvalue weighted by atomic mass is 35.5. The molecule has 2 N–H and O–H groups in total. The van der Waals surface area contributed by atoms with Gasteiger partial charge in [0.2, 0.25) is 5.91 Å². The Morgan fingerprint density at radius 2 is 2.31 bits per heavy atom. The van der Waals surface area contributed by atoms with E-state index in [1.165, 1.54) is 6.33 Å². The number of hydrogen-bond donors (Lipinski definition) is 2. The maximum Gasteiger partial charge on any atom is 0.220 e. The van der Waals surface area contributed by atoms with Gasteiger partial charge in [-0.2, -0.15) is 0 Å². The molecule has 6 heteroatoms. The van der Waals surface area contributed by atoms with E-state index in [9.17, 15) is 4.79 Å². The molecule has 0 bridgehead atoms. The molecule has 1 unspecified atom stereocenters. The number of halogens is 1. The SMILES string of the molecule is O=C1CC(c2c[nH]c3ncnc(Cl)c23)CN1. The molecule has 16 heavy (non-hydrogen) atoms. The van der Waals surface area contributed by atoms with E-state index in [1.54, 1.807) is 0 Å². The van der Waals surface area contributed by atoms with Crippen LogP contribution in [0.5, 0.6) is 0 Å². The maximum absolute atomic E-state index is 11.2. The van der Waals surface area contributed by atoms with E-state index in [0.29, 0.717) is 23.8 Å². The lowest BCUT2D eigenvalue weighted by Gasteiger charge is -2.05. The summed E-state index contributed by atoms with van der Waals surface area (Å²) in [5.74, 6) is 0.233. The number of rotatable bonds is 1. The number of carbonyl (C=O) groups excluding carboxylic acids is 1. The van der Waals surface area contributed by atoms with Crippen molar-refractivity contribution in [1.29, 1.82) is 0 Å². The van der Waals surface area contributed by atoms with E-state index in [0.717, 1.165) is 10.9 Å². The lowest BCUT2D eigenvalue weighted by molar-refractivity contribution is -0.119. The van der Waals surface area contributed by atoms with Crippen LogP contribution in [-0.2, 0) is 4.79 Å². The van der Waals surface area contributed by atoms with Gasteiger partial charge in [-0.3, -0.25) is 4.79 Å². The fourth-order valence-corrected chi connectivity index (χ4v) is 2.34. The summed E-state index contributed by atoms with van der Waals surface area (Å²) in [6, 6.07) is 0. The summed E-state index contributed by atoms with van der Waals surface area (Å²) in [4.78, 5) is 22.3. The molecule has 0 aliphatic carbocycles. The van der Waals surface area contributed by atoms with Crippen molar-refractivity contribution in [2.45, 2.75) is 12.3 Å². The number of carbonyl (C=O) groups is 1. The first-order valence-corrected chi connectivity index (χ1v) is 5.37. The van der Waals surface area contributed by atoms with Gasteiger partial charge in [0.1, 0.15) is 17.1 Å². The Balaban J connectivity index is 2.13. The van der Waals surface area contributed by atoms with Crippen molar-refractivity contribution in [3.8, 4) is 0 Å². The second-order valence-electron chi connectivity index (χ2n) is 3.84. The molecule has 0 saturated carbocycles. The zero-order valence-electron chi connectivity index (χ0n) is 8.33. The predicted octanol–water partition coefficient (Wildman–Crippen LogP) is 1.21. The number of H-pyrrole nitrogens is 1. The predicted molar refractivity (Wildman–Crippen MR) is 59.3 cm³/mol. The molecule has 2 aromatic rings. The Morgan fingerprint density at radius 3 is 3.06 bits per heavy atom. The van der Waals surface area contributed by atoms with Gasteiger partial charge in [-0.1, -0.05) is 11.6 Å². The number of nitrogens with one attached hydrogen (secondary N) is 2. The fourth-order valence-electron chi connectivity index (χ4n) is 2.09. The lowest BCUT2D eigenvalue weighted by atomic mass is 9.99. The fraction of sp³-hybridized carbons (Fsp3) is 0.300. The first kappa shape index (κ1) is 9.59. The summed E-state index contributed by atoms with van der Waals surface area (Å²) in [6.07, 6.45) is 3.78. The largest absolute Gasteiger partial charge is 0.355 e. The minimum absolute atomic E-state index is 0.0762. The number of hydrogen-bond acceptors (Lipinski definition) is 3. The Hall–Kier alpha value is -1.62. The molecular formula is C10H9ClN4O. The van der Waals surface area contributed by atoms with E-state index < -0.39 is 0 Å². The summed E-state index contributed by atoms with van der Waals surface area (Å²) < 4.78 is 0. The third-order valence-electron chi connectivity index (χ3n) is 2.87. The first-order chi connectivity index (χ1) is 7.75. The molecular weight excluding hydrogens is 228 g/mol. The molecule has 0 spiro atoms. The van der Waals surface area contributed by atoms with E-state index in [4.69, 9.17) is 11.6 Å². The van der Waals surface area contributed by atoms with Crippen LogP contribution in [0, 0.1) is 0 Å². The Labute approximate surface area is 96.2 Å². The number of aromatic nitrogens is 3. The van der Waals surface area contributed by atoms with Crippen molar-refractivity contribution in [3.05, 3.63) is 23.2 Å². The van der Waals surface area contributed by atoms with Gasteiger partial charge in [0, 0.05) is 25.1 Å². The van der Waals surface area contributed by atoms with Gasteiger partial charge in [0.25, 0.3) is 0 Å². The zero-order chi connectivity index (χ0) is 11.1. The van der Waals surface area contributed by atoms with Gasteiger partial charge >= 0.3 is 0 Å². The van der Waals surface area contributed by atoms with E-state index in [1.807, 2.05) is 6.20 Å². The van der Waals surface area contributed by atoms with Gasteiger partial charge in [-0.25, -0.2) is 9.97 Å². The van der Waals surface area contributed by atoms with Crippen molar-refractivity contribution in [1.82, 2.24) is 20.3 Å². The van der Waals surface area contributed by atoms with Crippen molar-refractivity contribution >= 4 is 28.5 Å². The molecule has 0 radical (unpaired) electrons. The second-order valence-corrected chi connectivity index (χ2v) is 4.20. The van der Waals surface area contributed by atoms with E-state index in [-0.39, 0.29) is 11.8 Å². The van der Waals surface area contributed by atoms with Crippen LogP contribution < -0.4 is 5.32 Å². The summed E-state index contributed by atoms with van der Waals surface area (Å²) in [5, 5.41) is 4.06. The Kier molecular flexibility index (Phi) is 2.07. The van der Waals surface area contributed by atoms with Crippen LogP contribution >= 0.6 is 11.6 Å². The molecule has 1 saturated heterocycles. The standard InChI is InChI=1S/C10H9ClN4O/c11-9-8-6(5-1-7(16)12-2-5)3-13-10(8)15-4-14-9/h3-5H,1-2H2,(H,12,16)(H,13,14,15). The minimum atomic E-state index is 0.0762. The minimum Gasteiger partial charge on any atom is -0.355 e. The van der Waals surface area contributed by atoms with Crippen molar-refractivity contribution in [2.24, 2.45) is 0 Å². The third-order valence-corrected chi connectivity index (χ3v) is 3.16. The number of amides is 1. The van der Waals surface area contributed by atoms with Gasteiger partial charge in [0.05, 0.1) is 5.39 Å². The molecule has 1 aliphatic rings. The van der Waals surface area contributed by atoms with Crippen LogP contribution in [0.15, 0.2) is 12.5 Å². The summed E-state index contributed by atoms with van der Waals surface area (Å²) in [6.45, 7) is 0.650. The number of nitrogens with zero attached hydrogens (tertiary/aromatic N) is 2. The van der Waals surface area contributed by atoms with Crippen LogP contribution in [0.25, 0.3) is 11.0 Å². The van der Waals surface area contributed by atoms with Gasteiger partial charge in [0.15, 0.2) is 0 Å². The van der Waals surface area contributed by atoms with Gasteiger partial charge in [-0.15, -0.1) is 0 Å². The molecule has 82 valence electrons. The number of fused-ring (bicyclic) bond motifs is 1. The zero-order valence-corrected chi connectivity index (χ0v) is 9.08. The molecule has 0 aromatic carbocycles. The molecule has 3 rings (SSSR count). The average molecular weight is 237 g/mol. The summed E-state index contributed by atoms with van der Waals surface area (Å²) >= 11 is 6.04. The Morgan fingerprint density at radius 1 is 1.44 bits per heavy atom. The van der Waals surface area contributed by atoms with Crippen LogP contribution in [0.1, 0.15) is 17.9 Å². The molecule has 1 amide bonds. The van der Waals surface area contributed by atoms with Gasteiger partial charge < -0.3 is 10.3 Å².